The molecule has 2 heterocycles. The Morgan fingerprint density at radius 2 is 2.53 bits per heavy atom. The van der Waals surface area contributed by atoms with Crippen LogP contribution in [0.5, 0.6) is 0 Å². The van der Waals surface area contributed by atoms with Crippen molar-refractivity contribution in [3.8, 4) is 6.07 Å². The van der Waals surface area contributed by atoms with Crippen molar-refractivity contribution in [1.29, 1.82) is 5.26 Å². The summed E-state index contributed by atoms with van der Waals surface area (Å²) in [6.07, 6.45) is 3.45. The SMILES string of the molecule is N#Cc1ccc(CNC(=O)[C@@H]2CCCN2)nc1. The first-order chi connectivity index (χ1) is 8.29. The normalized spacial score (nSPS) is 18.6. The van der Waals surface area contributed by atoms with E-state index >= 15 is 0 Å². The average molecular weight is 230 g/mol. The highest BCUT2D eigenvalue weighted by molar-refractivity contribution is 5.81. The maximum absolute atomic E-state index is 11.7. The van der Waals surface area contributed by atoms with E-state index in [1.165, 1.54) is 6.20 Å². The number of nitrogens with zero attached hydrogens (tertiary/aromatic N) is 2. The van der Waals surface area contributed by atoms with E-state index in [1.807, 2.05) is 6.07 Å². The first-order valence-corrected chi connectivity index (χ1v) is 5.66. The van der Waals surface area contributed by atoms with Gasteiger partial charge in [-0.25, -0.2) is 0 Å². The Kier molecular flexibility index (Phi) is 3.68. The molecule has 1 aromatic heterocycles. The third-order valence-electron chi connectivity index (χ3n) is 2.77. The Morgan fingerprint density at radius 1 is 1.65 bits per heavy atom. The van der Waals surface area contributed by atoms with Crippen LogP contribution >= 0.6 is 0 Å². The number of rotatable bonds is 3. The van der Waals surface area contributed by atoms with Crippen molar-refractivity contribution < 1.29 is 4.79 Å². The van der Waals surface area contributed by atoms with Crippen LogP contribution in [-0.4, -0.2) is 23.5 Å². The number of carbonyl (C=O) groups is 1. The van der Waals surface area contributed by atoms with Gasteiger partial charge in [0, 0.05) is 6.20 Å². The largest absolute Gasteiger partial charge is 0.349 e. The van der Waals surface area contributed by atoms with Gasteiger partial charge in [0.05, 0.1) is 23.8 Å². The lowest BCUT2D eigenvalue weighted by Gasteiger charge is -2.10. The molecule has 0 bridgehead atoms. The molecule has 1 fully saturated rings. The lowest BCUT2D eigenvalue weighted by atomic mass is 10.2. The molecule has 5 nitrogen and oxygen atoms in total. The van der Waals surface area contributed by atoms with Gasteiger partial charge in [0.1, 0.15) is 6.07 Å². The number of pyridine rings is 1. The Morgan fingerprint density at radius 3 is 3.12 bits per heavy atom. The molecule has 88 valence electrons. The minimum absolute atomic E-state index is 0.0219. The van der Waals surface area contributed by atoms with Crippen molar-refractivity contribution in [2.45, 2.75) is 25.4 Å². The second-order valence-electron chi connectivity index (χ2n) is 4.02. The van der Waals surface area contributed by atoms with E-state index in [2.05, 4.69) is 15.6 Å². The zero-order chi connectivity index (χ0) is 12.1. The number of nitriles is 1. The molecule has 2 N–H and O–H groups in total. The Labute approximate surface area is 99.9 Å². The highest BCUT2D eigenvalue weighted by atomic mass is 16.2. The van der Waals surface area contributed by atoms with E-state index in [-0.39, 0.29) is 11.9 Å². The fourth-order valence-electron chi connectivity index (χ4n) is 1.80. The molecule has 17 heavy (non-hydrogen) atoms. The monoisotopic (exact) mass is 230 g/mol. The van der Waals surface area contributed by atoms with Crippen molar-refractivity contribution in [2.24, 2.45) is 0 Å². The molecule has 1 atom stereocenters. The number of hydrogen-bond donors (Lipinski definition) is 2. The number of carbonyl (C=O) groups excluding carboxylic acids is 1. The summed E-state index contributed by atoms with van der Waals surface area (Å²) in [4.78, 5) is 15.8. The fraction of sp³-hybridized carbons (Fsp3) is 0.417. The van der Waals surface area contributed by atoms with E-state index in [1.54, 1.807) is 12.1 Å². The van der Waals surface area contributed by atoms with Crippen molar-refractivity contribution in [3.63, 3.8) is 0 Å². The minimum atomic E-state index is -0.0617. The van der Waals surface area contributed by atoms with Gasteiger partial charge < -0.3 is 10.6 Å². The van der Waals surface area contributed by atoms with Crippen LogP contribution in [0.2, 0.25) is 0 Å². The zero-order valence-electron chi connectivity index (χ0n) is 9.44. The maximum atomic E-state index is 11.7. The molecule has 1 aliphatic heterocycles. The standard InChI is InChI=1S/C12H14N4O/c13-6-9-3-4-10(15-7-9)8-16-12(17)11-2-1-5-14-11/h3-4,7,11,14H,1-2,5,8H2,(H,16,17)/t11-/m0/s1. The van der Waals surface area contributed by atoms with E-state index in [4.69, 9.17) is 5.26 Å². The highest BCUT2D eigenvalue weighted by Crippen LogP contribution is 2.05. The van der Waals surface area contributed by atoms with Gasteiger partial charge in [0.2, 0.25) is 5.91 Å². The van der Waals surface area contributed by atoms with Gasteiger partial charge in [-0.05, 0) is 31.5 Å². The van der Waals surface area contributed by atoms with Crippen molar-refractivity contribution in [2.75, 3.05) is 6.54 Å². The predicted molar refractivity (Wildman–Crippen MR) is 61.8 cm³/mol. The van der Waals surface area contributed by atoms with Crippen molar-refractivity contribution >= 4 is 5.91 Å². The van der Waals surface area contributed by atoms with Crippen molar-refractivity contribution in [3.05, 3.63) is 29.6 Å². The van der Waals surface area contributed by atoms with Crippen LogP contribution < -0.4 is 10.6 Å². The summed E-state index contributed by atoms with van der Waals surface area (Å²) in [5.41, 5.74) is 1.29. The Balaban J connectivity index is 1.84. The predicted octanol–water partition coefficient (Wildman–Crippen LogP) is 0.321. The molecule has 5 heteroatoms. The topological polar surface area (TPSA) is 77.8 Å². The van der Waals surface area contributed by atoms with Gasteiger partial charge in [-0.3, -0.25) is 9.78 Å². The fourth-order valence-corrected chi connectivity index (χ4v) is 1.80. The molecule has 1 amide bonds. The van der Waals surface area contributed by atoms with E-state index in [0.717, 1.165) is 25.1 Å². The van der Waals surface area contributed by atoms with Crippen LogP contribution in [-0.2, 0) is 11.3 Å². The number of amides is 1. The van der Waals surface area contributed by atoms with Crippen LogP contribution in [0.25, 0.3) is 0 Å². The first-order valence-electron chi connectivity index (χ1n) is 5.66. The summed E-state index contributed by atoms with van der Waals surface area (Å²) in [5, 5.41) is 14.6. The second-order valence-corrected chi connectivity index (χ2v) is 4.02. The molecule has 0 aliphatic carbocycles. The lowest BCUT2D eigenvalue weighted by molar-refractivity contribution is -0.122. The molecule has 1 aliphatic rings. The third-order valence-corrected chi connectivity index (χ3v) is 2.77. The molecule has 0 saturated carbocycles. The molecule has 0 aromatic carbocycles. The van der Waals surface area contributed by atoms with Crippen LogP contribution in [0.3, 0.4) is 0 Å². The minimum Gasteiger partial charge on any atom is -0.349 e. The number of aromatic nitrogens is 1. The van der Waals surface area contributed by atoms with Gasteiger partial charge in [-0.15, -0.1) is 0 Å². The molecule has 2 rings (SSSR count). The molecular weight excluding hydrogens is 216 g/mol. The average Bonchev–Trinajstić information content (AvgIpc) is 2.90. The lowest BCUT2D eigenvalue weighted by Crippen LogP contribution is -2.40. The molecule has 1 aromatic rings. The molecule has 0 spiro atoms. The molecule has 0 unspecified atom stereocenters. The van der Waals surface area contributed by atoms with Crippen LogP contribution in [0.4, 0.5) is 0 Å². The van der Waals surface area contributed by atoms with Crippen LogP contribution in [0.15, 0.2) is 18.3 Å². The molecule has 0 radical (unpaired) electrons. The quantitative estimate of drug-likeness (QED) is 0.784. The molecule has 1 saturated heterocycles. The van der Waals surface area contributed by atoms with E-state index in [0.29, 0.717) is 12.1 Å². The first kappa shape index (κ1) is 11.6. The van der Waals surface area contributed by atoms with E-state index in [9.17, 15) is 4.79 Å². The van der Waals surface area contributed by atoms with Gasteiger partial charge >= 0.3 is 0 Å². The van der Waals surface area contributed by atoms with Crippen LogP contribution in [0.1, 0.15) is 24.1 Å². The van der Waals surface area contributed by atoms with Gasteiger partial charge in [-0.1, -0.05) is 0 Å². The van der Waals surface area contributed by atoms with Gasteiger partial charge in [-0.2, -0.15) is 5.26 Å². The Bertz CT molecular complexity index is 429. The smallest absolute Gasteiger partial charge is 0.237 e. The zero-order valence-corrected chi connectivity index (χ0v) is 9.44. The highest BCUT2D eigenvalue weighted by Gasteiger charge is 2.21. The van der Waals surface area contributed by atoms with Gasteiger partial charge in [0.25, 0.3) is 0 Å². The number of hydrogen-bond acceptors (Lipinski definition) is 4. The summed E-state index contributed by atoms with van der Waals surface area (Å²) < 4.78 is 0. The Hall–Kier alpha value is -1.93. The summed E-state index contributed by atoms with van der Waals surface area (Å²) in [6, 6.07) is 5.39. The van der Waals surface area contributed by atoms with Crippen LogP contribution in [0, 0.1) is 11.3 Å². The maximum Gasteiger partial charge on any atom is 0.237 e. The molecular formula is C12H14N4O. The summed E-state index contributed by atoms with van der Waals surface area (Å²) in [5.74, 6) is 0.0219. The second kappa shape index (κ2) is 5.41. The van der Waals surface area contributed by atoms with Crippen molar-refractivity contribution in [1.82, 2.24) is 15.6 Å². The summed E-state index contributed by atoms with van der Waals surface area (Å²) in [6.45, 7) is 1.32. The van der Waals surface area contributed by atoms with E-state index < -0.39 is 0 Å². The number of nitrogens with one attached hydrogen (secondary N) is 2. The summed E-state index contributed by atoms with van der Waals surface area (Å²) >= 11 is 0. The summed E-state index contributed by atoms with van der Waals surface area (Å²) in [7, 11) is 0. The van der Waals surface area contributed by atoms with Gasteiger partial charge in [0.15, 0.2) is 0 Å². The third kappa shape index (κ3) is 3.02.